The Morgan fingerprint density at radius 2 is 2.05 bits per heavy atom. The predicted octanol–water partition coefficient (Wildman–Crippen LogP) is 2.56. The molecule has 1 saturated carbocycles. The van der Waals surface area contributed by atoms with Crippen LogP contribution in [0.25, 0.3) is 0 Å². The molecule has 4 nitrogen and oxygen atoms in total. The molecule has 0 aromatic heterocycles. The van der Waals surface area contributed by atoms with E-state index in [2.05, 4.69) is 13.8 Å². The van der Waals surface area contributed by atoms with Crippen molar-refractivity contribution in [2.75, 3.05) is 13.7 Å². The molecular formula is C18H24O4. The zero-order chi connectivity index (χ0) is 16.1. The SMILES string of the molecule is COC1=CC(=O)C2=C(CCC3[C@@](C)(CO)CCC[C@]23C)C1=O. The van der Waals surface area contributed by atoms with E-state index in [1.54, 1.807) is 0 Å². The van der Waals surface area contributed by atoms with E-state index in [1.807, 2.05) is 0 Å². The van der Waals surface area contributed by atoms with Crippen LogP contribution in [0.3, 0.4) is 0 Å². The lowest BCUT2D eigenvalue weighted by Crippen LogP contribution is -2.50. The van der Waals surface area contributed by atoms with Gasteiger partial charge in [0.05, 0.1) is 7.11 Å². The van der Waals surface area contributed by atoms with E-state index < -0.39 is 0 Å². The summed E-state index contributed by atoms with van der Waals surface area (Å²) in [6.45, 7) is 4.36. The first-order chi connectivity index (χ1) is 10.4. The van der Waals surface area contributed by atoms with Gasteiger partial charge in [-0.1, -0.05) is 20.3 Å². The highest BCUT2D eigenvalue weighted by Crippen LogP contribution is 2.60. The monoisotopic (exact) mass is 304 g/mol. The quantitative estimate of drug-likeness (QED) is 0.796. The lowest BCUT2D eigenvalue weighted by Gasteiger charge is -2.55. The van der Waals surface area contributed by atoms with Crippen molar-refractivity contribution in [3.05, 3.63) is 23.0 Å². The van der Waals surface area contributed by atoms with Crippen molar-refractivity contribution in [2.45, 2.75) is 46.0 Å². The van der Waals surface area contributed by atoms with E-state index in [9.17, 15) is 14.7 Å². The zero-order valence-corrected chi connectivity index (χ0v) is 13.6. The molecule has 3 aliphatic carbocycles. The third-order valence-electron chi connectivity index (χ3n) is 6.20. The van der Waals surface area contributed by atoms with Gasteiger partial charge in [0, 0.05) is 29.2 Å². The Morgan fingerprint density at radius 1 is 1.32 bits per heavy atom. The lowest BCUT2D eigenvalue weighted by atomic mass is 9.49. The number of carbonyl (C=O) groups is 2. The standard InChI is InChI=1S/C18H24O4/c1-17(10-19)7-4-8-18(2)14(17)6-5-11-15(18)12(20)9-13(22-3)16(11)21/h9,14,19H,4-8,10H2,1-3H3/t14?,17-,18+/m1/s1. The van der Waals surface area contributed by atoms with Gasteiger partial charge in [0.25, 0.3) is 0 Å². The smallest absolute Gasteiger partial charge is 0.224 e. The Bertz CT molecular complexity index is 600. The maximum atomic E-state index is 12.7. The van der Waals surface area contributed by atoms with E-state index in [0.717, 1.165) is 25.7 Å². The second-order valence-corrected chi connectivity index (χ2v) is 7.43. The van der Waals surface area contributed by atoms with Gasteiger partial charge in [0.1, 0.15) is 0 Å². The molecule has 0 amide bonds. The van der Waals surface area contributed by atoms with Crippen LogP contribution in [0, 0.1) is 16.7 Å². The summed E-state index contributed by atoms with van der Waals surface area (Å²) >= 11 is 0. The minimum atomic E-state index is -0.314. The van der Waals surface area contributed by atoms with Gasteiger partial charge in [-0.05, 0) is 37.0 Å². The van der Waals surface area contributed by atoms with Crippen LogP contribution in [-0.2, 0) is 14.3 Å². The molecule has 0 bridgehead atoms. The highest BCUT2D eigenvalue weighted by molar-refractivity contribution is 6.22. The number of aliphatic hydroxyl groups is 1. The molecule has 0 aromatic carbocycles. The summed E-state index contributed by atoms with van der Waals surface area (Å²) in [4.78, 5) is 25.2. The van der Waals surface area contributed by atoms with Gasteiger partial charge in [-0.3, -0.25) is 9.59 Å². The second kappa shape index (κ2) is 5.05. The average molecular weight is 304 g/mol. The molecule has 0 spiro atoms. The molecule has 1 unspecified atom stereocenters. The first kappa shape index (κ1) is 15.5. The molecule has 22 heavy (non-hydrogen) atoms. The number of fused-ring (bicyclic) bond motifs is 2. The van der Waals surface area contributed by atoms with Crippen molar-refractivity contribution >= 4 is 11.6 Å². The summed E-state index contributed by atoms with van der Waals surface area (Å²) in [5, 5.41) is 9.90. The first-order valence-electron chi connectivity index (χ1n) is 8.06. The Morgan fingerprint density at radius 3 is 2.68 bits per heavy atom. The number of aliphatic hydroxyl groups excluding tert-OH is 1. The van der Waals surface area contributed by atoms with Gasteiger partial charge in [-0.15, -0.1) is 0 Å². The molecule has 0 aromatic rings. The number of Topliss-reactive ketones (excluding diaryl/α,β-unsaturated/α-hetero) is 1. The number of rotatable bonds is 2. The van der Waals surface area contributed by atoms with E-state index in [4.69, 9.17) is 4.74 Å². The molecule has 0 heterocycles. The Kier molecular flexibility index (Phi) is 3.55. The maximum absolute atomic E-state index is 12.7. The van der Waals surface area contributed by atoms with E-state index in [1.165, 1.54) is 13.2 Å². The molecule has 3 atom stereocenters. The topological polar surface area (TPSA) is 63.6 Å². The number of ether oxygens (including phenoxy) is 1. The third kappa shape index (κ3) is 1.93. The maximum Gasteiger partial charge on any atom is 0.224 e. The molecule has 4 heteroatoms. The predicted molar refractivity (Wildman–Crippen MR) is 82.0 cm³/mol. The number of hydrogen-bond acceptors (Lipinski definition) is 4. The molecule has 1 N–H and O–H groups in total. The van der Waals surface area contributed by atoms with Crippen LogP contribution in [0.1, 0.15) is 46.0 Å². The molecule has 0 saturated heterocycles. The summed E-state index contributed by atoms with van der Waals surface area (Å²) in [5.41, 5.74) is 0.852. The molecule has 0 radical (unpaired) electrons. The van der Waals surface area contributed by atoms with Crippen LogP contribution < -0.4 is 0 Å². The number of methoxy groups -OCH3 is 1. The summed E-state index contributed by atoms with van der Waals surface area (Å²) in [7, 11) is 1.43. The van der Waals surface area contributed by atoms with E-state index in [0.29, 0.717) is 17.6 Å². The van der Waals surface area contributed by atoms with Crippen LogP contribution in [0.15, 0.2) is 23.0 Å². The Balaban J connectivity index is 2.10. The molecule has 3 rings (SSSR count). The fourth-order valence-electron chi connectivity index (χ4n) is 5.11. The van der Waals surface area contributed by atoms with Crippen molar-refractivity contribution < 1.29 is 19.4 Å². The van der Waals surface area contributed by atoms with Crippen LogP contribution in [0.2, 0.25) is 0 Å². The number of allylic oxidation sites excluding steroid dienone is 3. The molecule has 1 fully saturated rings. The molecule has 3 aliphatic rings. The largest absolute Gasteiger partial charge is 0.493 e. The molecular weight excluding hydrogens is 280 g/mol. The van der Waals surface area contributed by atoms with E-state index in [-0.39, 0.29) is 40.7 Å². The number of carbonyl (C=O) groups excluding carboxylic acids is 2. The minimum Gasteiger partial charge on any atom is -0.493 e. The number of ketones is 2. The summed E-state index contributed by atoms with van der Waals surface area (Å²) < 4.78 is 5.07. The van der Waals surface area contributed by atoms with Gasteiger partial charge < -0.3 is 9.84 Å². The van der Waals surface area contributed by atoms with Crippen molar-refractivity contribution in [3.8, 4) is 0 Å². The van der Waals surface area contributed by atoms with Crippen LogP contribution in [0.4, 0.5) is 0 Å². The average Bonchev–Trinajstić information content (AvgIpc) is 2.49. The van der Waals surface area contributed by atoms with Gasteiger partial charge >= 0.3 is 0 Å². The fraction of sp³-hybridized carbons (Fsp3) is 0.667. The van der Waals surface area contributed by atoms with Gasteiger partial charge in [0.2, 0.25) is 5.78 Å². The van der Waals surface area contributed by atoms with E-state index >= 15 is 0 Å². The Hall–Kier alpha value is -1.42. The minimum absolute atomic E-state index is 0.0826. The normalized spacial score (nSPS) is 38.4. The highest BCUT2D eigenvalue weighted by atomic mass is 16.5. The van der Waals surface area contributed by atoms with Gasteiger partial charge in [-0.25, -0.2) is 0 Å². The van der Waals surface area contributed by atoms with Crippen molar-refractivity contribution in [1.29, 1.82) is 0 Å². The number of hydrogen-bond donors (Lipinski definition) is 1. The lowest BCUT2D eigenvalue weighted by molar-refractivity contribution is -0.121. The first-order valence-corrected chi connectivity index (χ1v) is 8.06. The third-order valence-corrected chi connectivity index (χ3v) is 6.20. The summed E-state index contributed by atoms with van der Waals surface area (Å²) in [6, 6.07) is 0. The van der Waals surface area contributed by atoms with Crippen molar-refractivity contribution in [1.82, 2.24) is 0 Å². The van der Waals surface area contributed by atoms with Crippen LogP contribution >= 0.6 is 0 Å². The summed E-state index contributed by atoms with van der Waals surface area (Å²) in [5.74, 6) is 0.187. The Labute approximate surface area is 131 Å². The second-order valence-electron chi connectivity index (χ2n) is 7.43. The van der Waals surface area contributed by atoms with Gasteiger partial charge in [-0.2, -0.15) is 0 Å². The molecule has 0 aliphatic heterocycles. The van der Waals surface area contributed by atoms with Crippen LogP contribution in [-0.4, -0.2) is 30.4 Å². The van der Waals surface area contributed by atoms with Gasteiger partial charge in [0.15, 0.2) is 11.5 Å². The van der Waals surface area contributed by atoms with Crippen LogP contribution in [0.5, 0.6) is 0 Å². The fourth-order valence-corrected chi connectivity index (χ4v) is 5.11. The molecule has 120 valence electrons. The van der Waals surface area contributed by atoms with Crippen molar-refractivity contribution in [2.24, 2.45) is 16.7 Å². The highest BCUT2D eigenvalue weighted by Gasteiger charge is 2.55. The van der Waals surface area contributed by atoms with Crippen molar-refractivity contribution in [3.63, 3.8) is 0 Å². The zero-order valence-electron chi connectivity index (χ0n) is 13.6. The summed E-state index contributed by atoms with van der Waals surface area (Å²) in [6.07, 6.45) is 5.66.